The maximum Gasteiger partial charge on any atom is 0.260 e. The number of halogens is 1. The van der Waals surface area contributed by atoms with Gasteiger partial charge in [0.25, 0.3) is 5.91 Å². The predicted octanol–water partition coefficient (Wildman–Crippen LogP) is 4.35. The summed E-state index contributed by atoms with van der Waals surface area (Å²) in [5.41, 5.74) is 1.37. The fraction of sp³-hybridized carbons (Fsp3) is 0.167. The highest BCUT2D eigenvalue weighted by molar-refractivity contribution is 7.82. The Morgan fingerprint density at radius 2 is 1.70 bits per heavy atom. The van der Waals surface area contributed by atoms with Crippen molar-refractivity contribution in [3.8, 4) is 0 Å². The van der Waals surface area contributed by atoms with Crippen molar-refractivity contribution in [2.24, 2.45) is 4.99 Å². The van der Waals surface area contributed by atoms with E-state index in [-0.39, 0.29) is 5.91 Å². The van der Waals surface area contributed by atoms with Crippen LogP contribution in [0.1, 0.15) is 29.8 Å². The number of hydrogen-bond donors (Lipinski definition) is 0. The van der Waals surface area contributed by atoms with Crippen molar-refractivity contribution < 1.29 is 4.79 Å². The molecule has 0 N–H and O–H groups in total. The van der Waals surface area contributed by atoms with Crippen LogP contribution in [-0.4, -0.2) is 27.2 Å². The molecule has 23 heavy (non-hydrogen) atoms. The van der Waals surface area contributed by atoms with Crippen molar-refractivity contribution in [2.45, 2.75) is 19.5 Å². The molecule has 0 saturated heterocycles. The van der Waals surface area contributed by atoms with Crippen molar-refractivity contribution in [1.82, 2.24) is 4.90 Å². The van der Waals surface area contributed by atoms with Gasteiger partial charge in [0.1, 0.15) is 16.4 Å². The molecule has 0 atom stereocenters. The Labute approximate surface area is 145 Å². The highest BCUT2D eigenvalue weighted by Crippen LogP contribution is 2.29. The third kappa shape index (κ3) is 2.92. The smallest absolute Gasteiger partial charge is 0.260 e. The van der Waals surface area contributed by atoms with E-state index in [0.717, 1.165) is 5.56 Å². The van der Waals surface area contributed by atoms with E-state index in [0.29, 0.717) is 21.3 Å². The average molecular weight is 343 g/mol. The fourth-order valence-electron chi connectivity index (χ4n) is 2.57. The molecule has 0 aromatic heterocycles. The molecular formula is C18H15ClN2OS. The first kappa shape index (κ1) is 15.8. The normalized spacial score (nSPS) is 16.4. The Morgan fingerprint density at radius 3 is 2.30 bits per heavy atom. The standard InChI is InChI=1S/C18H15ClN2OS/c1-18(2)20-15(12-8-10-14(19)11-9-12)17(23)21(18)16(22)13-6-4-3-5-7-13/h3-11H,1-2H3. The number of carbonyl (C=O) groups is 1. The van der Waals surface area contributed by atoms with Crippen LogP contribution in [0.5, 0.6) is 0 Å². The lowest BCUT2D eigenvalue weighted by molar-refractivity contribution is 0.0758. The predicted molar refractivity (Wildman–Crippen MR) is 97.3 cm³/mol. The van der Waals surface area contributed by atoms with Crippen molar-refractivity contribution in [1.29, 1.82) is 0 Å². The number of nitrogens with zero attached hydrogens (tertiary/aromatic N) is 2. The van der Waals surface area contributed by atoms with Crippen LogP contribution < -0.4 is 0 Å². The number of aliphatic imine (C=N–C) groups is 1. The molecule has 1 heterocycles. The Bertz CT molecular complexity index is 798. The molecule has 0 saturated carbocycles. The minimum absolute atomic E-state index is 0.145. The molecule has 3 nitrogen and oxygen atoms in total. The summed E-state index contributed by atoms with van der Waals surface area (Å²) < 4.78 is 0. The molecule has 0 aliphatic carbocycles. The highest BCUT2D eigenvalue weighted by Gasteiger charge is 2.42. The summed E-state index contributed by atoms with van der Waals surface area (Å²) in [6.07, 6.45) is 0. The number of rotatable bonds is 2. The molecule has 0 radical (unpaired) electrons. The van der Waals surface area contributed by atoms with Gasteiger partial charge in [0, 0.05) is 16.1 Å². The van der Waals surface area contributed by atoms with Gasteiger partial charge in [0.15, 0.2) is 0 Å². The van der Waals surface area contributed by atoms with Gasteiger partial charge >= 0.3 is 0 Å². The summed E-state index contributed by atoms with van der Waals surface area (Å²) in [6, 6.07) is 16.4. The van der Waals surface area contributed by atoms with Gasteiger partial charge in [-0.1, -0.05) is 54.2 Å². The van der Waals surface area contributed by atoms with Crippen LogP contribution in [0.3, 0.4) is 0 Å². The second-order valence-corrected chi connectivity index (χ2v) is 6.60. The number of amides is 1. The molecule has 1 aliphatic rings. The number of carbonyl (C=O) groups excluding carboxylic acids is 1. The number of benzene rings is 2. The van der Waals surface area contributed by atoms with E-state index >= 15 is 0 Å². The second kappa shape index (κ2) is 5.87. The molecule has 3 rings (SSSR count). The minimum atomic E-state index is -0.723. The van der Waals surface area contributed by atoms with Crippen molar-refractivity contribution in [2.75, 3.05) is 0 Å². The van der Waals surface area contributed by atoms with Gasteiger partial charge in [-0.2, -0.15) is 0 Å². The summed E-state index contributed by atoms with van der Waals surface area (Å²) in [7, 11) is 0. The van der Waals surface area contributed by atoms with Gasteiger partial charge in [-0.25, -0.2) is 0 Å². The van der Waals surface area contributed by atoms with E-state index in [1.54, 1.807) is 29.2 Å². The Hall–Kier alpha value is -2.04. The van der Waals surface area contributed by atoms with E-state index < -0.39 is 5.66 Å². The van der Waals surface area contributed by atoms with E-state index in [1.807, 2.05) is 44.2 Å². The zero-order valence-electron chi connectivity index (χ0n) is 12.8. The van der Waals surface area contributed by atoms with Crippen LogP contribution in [0.2, 0.25) is 5.02 Å². The van der Waals surface area contributed by atoms with Crippen molar-refractivity contribution in [3.63, 3.8) is 0 Å². The lowest BCUT2D eigenvalue weighted by atomic mass is 10.1. The number of thiocarbonyl (C=S) groups is 1. The van der Waals surface area contributed by atoms with Gasteiger partial charge in [0.05, 0.1) is 0 Å². The van der Waals surface area contributed by atoms with Gasteiger partial charge < -0.3 is 0 Å². The molecule has 1 aliphatic heterocycles. The van der Waals surface area contributed by atoms with E-state index in [4.69, 9.17) is 23.8 Å². The van der Waals surface area contributed by atoms with Crippen LogP contribution in [0, 0.1) is 0 Å². The van der Waals surface area contributed by atoms with Crippen LogP contribution in [0.15, 0.2) is 59.6 Å². The molecule has 2 aromatic rings. The summed E-state index contributed by atoms with van der Waals surface area (Å²) in [5, 5.41) is 0.648. The molecule has 1 amide bonds. The summed E-state index contributed by atoms with van der Waals surface area (Å²) in [4.78, 5) is 19.5. The SMILES string of the molecule is CC1(C)N=C(c2ccc(Cl)cc2)C(=S)N1C(=O)c1ccccc1. The molecule has 2 aromatic carbocycles. The summed E-state index contributed by atoms with van der Waals surface area (Å²) in [5.74, 6) is -0.145. The average Bonchev–Trinajstić information content (AvgIpc) is 2.78. The van der Waals surface area contributed by atoms with Gasteiger partial charge in [0.2, 0.25) is 0 Å². The zero-order chi connectivity index (χ0) is 16.6. The lowest BCUT2D eigenvalue weighted by Gasteiger charge is -2.29. The quantitative estimate of drug-likeness (QED) is 0.760. The Balaban J connectivity index is 1.98. The first-order valence-electron chi connectivity index (χ1n) is 7.20. The first-order valence-corrected chi connectivity index (χ1v) is 7.98. The van der Waals surface area contributed by atoms with E-state index in [1.165, 1.54) is 0 Å². The summed E-state index contributed by atoms with van der Waals surface area (Å²) >= 11 is 11.5. The molecule has 116 valence electrons. The molecular weight excluding hydrogens is 328 g/mol. The van der Waals surface area contributed by atoms with Crippen LogP contribution in [-0.2, 0) is 0 Å². The maximum absolute atomic E-state index is 12.8. The maximum atomic E-state index is 12.8. The first-order chi connectivity index (χ1) is 10.9. The molecule has 5 heteroatoms. The second-order valence-electron chi connectivity index (χ2n) is 5.77. The van der Waals surface area contributed by atoms with Gasteiger partial charge in [-0.05, 0) is 38.1 Å². The lowest BCUT2D eigenvalue weighted by Crippen LogP contribution is -2.46. The molecule has 0 bridgehead atoms. The fourth-order valence-corrected chi connectivity index (χ4v) is 3.17. The van der Waals surface area contributed by atoms with E-state index in [9.17, 15) is 4.79 Å². The van der Waals surface area contributed by atoms with Crippen LogP contribution in [0.4, 0.5) is 0 Å². The summed E-state index contributed by atoms with van der Waals surface area (Å²) in [6.45, 7) is 3.76. The largest absolute Gasteiger partial charge is 0.272 e. The Morgan fingerprint density at radius 1 is 1.09 bits per heavy atom. The molecule has 0 fully saturated rings. The van der Waals surface area contributed by atoms with Gasteiger partial charge in [-0.15, -0.1) is 0 Å². The van der Waals surface area contributed by atoms with Crippen molar-refractivity contribution >= 4 is 40.4 Å². The monoisotopic (exact) mass is 342 g/mol. The molecule has 0 spiro atoms. The third-order valence-electron chi connectivity index (χ3n) is 3.68. The topological polar surface area (TPSA) is 32.7 Å². The highest BCUT2D eigenvalue weighted by atomic mass is 35.5. The Kier molecular flexibility index (Phi) is 4.04. The third-order valence-corrected chi connectivity index (χ3v) is 4.31. The number of hydrogen-bond acceptors (Lipinski definition) is 3. The van der Waals surface area contributed by atoms with E-state index in [2.05, 4.69) is 4.99 Å². The molecule has 0 unspecified atom stereocenters. The zero-order valence-corrected chi connectivity index (χ0v) is 14.4. The van der Waals surface area contributed by atoms with Crippen molar-refractivity contribution in [3.05, 3.63) is 70.7 Å². The van der Waals surface area contributed by atoms with Gasteiger partial charge in [-0.3, -0.25) is 14.7 Å². The minimum Gasteiger partial charge on any atom is -0.272 e. The van der Waals surface area contributed by atoms with Crippen LogP contribution in [0.25, 0.3) is 0 Å². The van der Waals surface area contributed by atoms with Crippen LogP contribution >= 0.6 is 23.8 Å².